The second-order valence-electron chi connectivity index (χ2n) is 11.6. The molecule has 1 aliphatic heterocycles. The van der Waals surface area contributed by atoms with Gasteiger partial charge in [0, 0.05) is 24.2 Å². The molecule has 1 unspecified atom stereocenters. The fourth-order valence-corrected chi connectivity index (χ4v) is 6.93. The quantitative estimate of drug-likeness (QED) is 0.101. The molecule has 3 aromatic carbocycles. The second-order valence-corrected chi connectivity index (χ2v) is 12.6. The average Bonchev–Trinajstić information content (AvgIpc) is 3.68. The molecule has 0 fully saturated rings. The number of aromatic nitrogens is 3. The highest BCUT2D eigenvalue weighted by Gasteiger charge is 2.34. The van der Waals surface area contributed by atoms with Gasteiger partial charge in [0.1, 0.15) is 18.1 Å². The Labute approximate surface area is 298 Å². The summed E-state index contributed by atoms with van der Waals surface area (Å²) in [6, 6.07) is 19.5. The minimum Gasteiger partial charge on any atom is -0.494 e. The summed E-state index contributed by atoms with van der Waals surface area (Å²) in [5, 5.41) is 4.95. The van der Waals surface area contributed by atoms with Crippen LogP contribution in [-0.2, 0) is 14.3 Å². The highest BCUT2D eigenvalue weighted by Crippen LogP contribution is 2.36. The number of hydrogen-bond donors (Lipinski definition) is 0. The van der Waals surface area contributed by atoms with E-state index in [-0.39, 0.29) is 29.2 Å². The normalized spacial score (nSPS) is 14.1. The van der Waals surface area contributed by atoms with Crippen molar-refractivity contribution in [3.63, 3.8) is 0 Å². The molecule has 1 atom stereocenters. The molecule has 12 heteroatoms. The number of allylic oxidation sites excluding steroid dienone is 1. The number of carbonyl (C=O) groups excluding carboxylic acids is 2. The lowest BCUT2D eigenvalue weighted by atomic mass is 9.95. The SMILES string of the molecule is C=CCOC(=O)C1=C(C)N=c2sc(=Cc3cn(-c4ccccc4)nc3-c3ccc(OCC)c(C)c3)c(=O)n2C1c1ccc(OC(C)=O)c(OC)c1. The standard InChI is InChI=1S/C39H36N4O7S/c1-7-18-49-38(46)34-24(4)40-39-43(36(34)27-15-17-31(50-25(5)44)32(20-27)47-6)37(45)33(51-39)21-28-22-42(29-12-10-9-11-13-29)41-35(28)26-14-16-30(48-8-2)23(3)19-26/h7,9-17,19-22,36H,1,8,18H2,2-6H3. The van der Waals surface area contributed by atoms with Gasteiger partial charge in [0.25, 0.3) is 5.56 Å². The van der Waals surface area contributed by atoms with Crippen molar-refractivity contribution in [2.24, 2.45) is 4.99 Å². The van der Waals surface area contributed by atoms with Gasteiger partial charge in [-0.15, -0.1) is 0 Å². The Kier molecular flexibility index (Phi) is 10.1. The number of carbonyl (C=O) groups is 2. The molecule has 0 saturated heterocycles. The van der Waals surface area contributed by atoms with Gasteiger partial charge < -0.3 is 18.9 Å². The summed E-state index contributed by atoms with van der Waals surface area (Å²) in [5.41, 5.74) is 4.77. The van der Waals surface area contributed by atoms with E-state index >= 15 is 0 Å². The first-order valence-corrected chi connectivity index (χ1v) is 17.0. The molecule has 1 aliphatic rings. The van der Waals surface area contributed by atoms with Crippen LogP contribution >= 0.6 is 11.3 Å². The number of esters is 2. The third-order valence-electron chi connectivity index (χ3n) is 8.13. The fourth-order valence-electron chi connectivity index (χ4n) is 5.89. The summed E-state index contributed by atoms with van der Waals surface area (Å²) in [4.78, 5) is 44.9. The molecule has 0 spiro atoms. The van der Waals surface area contributed by atoms with Crippen LogP contribution in [0.15, 0.2) is 107 Å². The number of para-hydroxylation sites is 1. The molecule has 0 radical (unpaired) electrons. The van der Waals surface area contributed by atoms with Crippen LogP contribution in [0, 0.1) is 6.92 Å². The molecule has 0 bridgehead atoms. The maximum Gasteiger partial charge on any atom is 0.338 e. The number of methoxy groups -OCH3 is 1. The van der Waals surface area contributed by atoms with E-state index < -0.39 is 18.0 Å². The lowest BCUT2D eigenvalue weighted by molar-refractivity contribution is -0.138. The van der Waals surface area contributed by atoms with Crippen LogP contribution in [0.25, 0.3) is 23.0 Å². The van der Waals surface area contributed by atoms with E-state index in [4.69, 9.17) is 29.0 Å². The first-order chi connectivity index (χ1) is 24.6. The van der Waals surface area contributed by atoms with E-state index in [1.165, 1.54) is 36.0 Å². The predicted molar refractivity (Wildman–Crippen MR) is 194 cm³/mol. The van der Waals surface area contributed by atoms with Gasteiger partial charge in [0.15, 0.2) is 16.3 Å². The van der Waals surface area contributed by atoms with E-state index in [0.29, 0.717) is 38.5 Å². The molecule has 0 amide bonds. The van der Waals surface area contributed by atoms with Crippen molar-refractivity contribution in [2.75, 3.05) is 20.3 Å². The molecule has 6 rings (SSSR count). The highest BCUT2D eigenvalue weighted by molar-refractivity contribution is 7.07. The van der Waals surface area contributed by atoms with Gasteiger partial charge in [-0.25, -0.2) is 14.5 Å². The molecule has 0 saturated carbocycles. The van der Waals surface area contributed by atoms with E-state index in [0.717, 1.165) is 22.6 Å². The molecule has 11 nitrogen and oxygen atoms in total. The van der Waals surface area contributed by atoms with Crippen LogP contribution in [0.4, 0.5) is 0 Å². The Morgan fingerprint density at radius 3 is 2.47 bits per heavy atom. The minimum atomic E-state index is -0.929. The molecule has 3 heterocycles. The summed E-state index contributed by atoms with van der Waals surface area (Å²) in [5.74, 6) is 0.0746. The van der Waals surface area contributed by atoms with Crippen LogP contribution in [0.2, 0.25) is 0 Å². The average molecular weight is 705 g/mol. The minimum absolute atomic E-state index is 0.0271. The molecule has 51 heavy (non-hydrogen) atoms. The molecular weight excluding hydrogens is 669 g/mol. The van der Waals surface area contributed by atoms with Crippen molar-refractivity contribution in [1.82, 2.24) is 14.3 Å². The molecule has 0 N–H and O–H groups in total. The number of ether oxygens (including phenoxy) is 4. The Morgan fingerprint density at radius 2 is 1.78 bits per heavy atom. The van der Waals surface area contributed by atoms with E-state index in [1.807, 2.05) is 68.6 Å². The van der Waals surface area contributed by atoms with Gasteiger partial charge in [0.2, 0.25) is 0 Å². The lowest BCUT2D eigenvalue weighted by Crippen LogP contribution is -2.40. The second kappa shape index (κ2) is 14.9. The monoisotopic (exact) mass is 704 g/mol. The van der Waals surface area contributed by atoms with Gasteiger partial charge in [-0.3, -0.25) is 14.2 Å². The number of benzene rings is 3. The Bertz CT molecular complexity index is 2370. The molecule has 260 valence electrons. The van der Waals surface area contributed by atoms with Crippen molar-refractivity contribution in [2.45, 2.75) is 33.7 Å². The largest absolute Gasteiger partial charge is 0.494 e. The van der Waals surface area contributed by atoms with Crippen molar-refractivity contribution in [1.29, 1.82) is 0 Å². The molecule has 0 aliphatic carbocycles. The predicted octanol–water partition coefficient (Wildman–Crippen LogP) is 5.46. The highest BCUT2D eigenvalue weighted by atomic mass is 32.1. The van der Waals surface area contributed by atoms with E-state index in [2.05, 4.69) is 6.58 Å². The van der Waals surface area contributed by atoms with Gasteiger partial charge in [-0.1, -0.05) is 48.3 Å². The Morgan fingerprint density at radius 1 is 1.02 bits per heavy atom. The zero-order valence-corrected chi connectivity index (χ0v) is 29.7. The van der Waals surface area contributed by atoms with Gasteiger partial charge in [-0.2, -0.15) is 5.10 Å². The van der Waals surface area contributed by atoms with Crippen LogP contribution in [0.1, 0.15) is 43.5 Å². The van der Waals surface area contributed by atoms with Crippen LogP contribution in [0.3, 0.4) is 0 Å². The van der Waals surface area contributed by atoms with E-state index in [1.54, 1.807) is 35.9 Å². The molecule has 2 aromatic heterocycles. The third kappa shape index (κ3) is 7.04. The number of aryl methyl sites for hydroxylation is 1. The first kappa shape index (κ1) is 34.8. The zero-order valence-electron chi connectivity index (χ0n) is 28.8. The van der Waals surface area contributed by atoms with E-state index in [9.17, 15) is 14.4 Å². The van der Waals surface area contributed by atoms with Crippen molar-refractivity contribution >= 4 is 29.4 Å². The summed E-state index contributed by atoms with van der Waals surface area (Å²) in [6.07, 6.45) is 5.15. The first-order valence-electron chi connectivity index (χ1n) is 16.2. The van der Waals surface area contributed by atoms with Crippen LogP contribution < -0.4 is 29.1 Å². The van der Waals surface area contributed by atoms with Gasteiger partial charge in [-0.05, 0) is 80.4 Å². The lowest BCUT2D eigenvalue weighted by Gasteiger charge is -2.25. The summed E-state index contributed by atoms with van der Waals surface area (Å²) < 4.78 is 25.7. The zero-order chi connectivity index (χ0) is 36.2. The van der Waals surface area contributed by atoms with Crippen molar-refractivity contribution < 1.29 is 28.5 Å². The smallest absolute Gasteiger partial charge is 0.338 e. The number of hydrogen-bond acceptors (Lipinski definition) is 10. The van der Waals surface area contributed by atoms with Crippen molar-refractivity contribution in [3.05, 3.63) is 133 Å². The maximum absolute atomic E-state index is 14.5. The third-order valence-corrected chi connectivity index (χ3v) is 9.11. The number of nitrogens with zero attached hydrogens (tertiary/aromatic N) is 4. The topological polar surface area (TPSA) is 123 Å². The fraction of sp³-hybridized carbons (Fsp3) is 0.205. The summed E-state index contributed by atoms with van der Waals surface area (Å²) >= 11 is 1.20. The summed E-state index contributed by atoms with van der Waals surface area (Å²) in [6.45, 7) is 11.1. The maximum atomic E-state index is 14.5. The number of thiazole rings is 1. The van der Waals surface area contributed by atoms with Gasteiger partial charge >= 0.3 is 11.9 Å². The Balaban J connectivity index is 1.55. The summed E-state index contributed by atoms with van der Waals surface area (Å²) in [7, 11) is 1.44. The van der Waals surface area contributed by atoms with Crippen LogP contribution in [0.5, 0.6) is 17.2 Å². The van der Waals surface area contributed by atoms with Gasteiger partial charge in [0.05, 0.1) is 41.2 Å². The van der Waals surface area contributed by atoms with Crippen molar-refractivity contribution in [3.8, 4) is 34.2 Å². The molecule has 5 aromatic rings. The Hall–Kier alpha value is -6.01. The van der Waals surface area contributed by atoms with Crippen LogP contribution in [-0.4, -0.2) is 46.6 Å². The number of rotatable bonds is 11. The number of fused-ring (bicyclic) bond motifs is 1. The molecular formula is C39H36N4O7S.